The Morgan fingerprint density at radius 3 is 2.33 bits per heavy atom. The summed E-state index contributed by atoms with van der Waals surface area (Å²) in [5, 5.41) is 4.28. The van der Waals surface area contributed by atoms with Gasteiger partial charge in [-0.25, -0.2) is 0 Å². The number of hydrogen-bond donors (Lipinski definition) is 0. The van der Waals surface area contributed by atoms with Gasteiger partial charge in [-0.05, 0) is 22.5 Å². The van der Waals surface area contributed by atoms with Crippen molar-refractivity contribution in [3.63, 3.8) is 0 Å². The van der Waals surface area contributed by atoms with Gasteiger partial charge in [-0.15, -0.1) is 0 Å². The Labute approximate surface area is 127 Å². The molecule has 0 radical (unpaired) electrons. The molecule has 1 aromatic rings. The smallest absolute Gasteiger partial charge is 0.132 e. The number of fused-ring (bicyclic) bond motifs is 3. The monoisotopic (exact) mass is 287 g/mol. The number of benzene rings is 1. The minimum Gasteiger partial charge on any atom is -0.492 e. The first-order valence-corrected chi connectivity index (χ1v) is 7.70. The van der Waals surface area contributed by atoms with Gasteiger partial charge < -0.3 is 9.57 Å². The summed E-state index contributed by atoms with van der Waals surface area (Å²) in [6.07, 6.45) is 0. The summed E-state index contributed by atoms with van der Waals surface area (Å²) in [6.45, 7) is 14.7. The Balaban J connectivity index is 2.25. The average molecular weight is 287 g/mol. The van der Waals surface area contributed by atoms with Crippen molar-refractivity contribution in [3.05, 3.63) is 28.8 Å². The summed E-state index contributed by atoms with van der Waals surface area (Å²) in [4.78, 5) is 5.31. The topological polar surface area (TPSA) is 30.8 Å². The Hall–Kier alpha value is -1.51. The molecule has 114 valence electrons. The van der Waals surface area contributed by atoms with Crippen LogP contribution < -0.4 is 4.74 Å². The van der Waals surface area contributed by atoms with Crippen LogP contribution in [-0.4, -0.2) is 18.9 Å². The van der Waals surface area contributed by atoms with Gasteiger partial charge in [0.2, 0.25) is 0 Å². The lowest BCUT2D eigenvalue weighted by molar-refractivity contribution is 0.136. The number of rotatable bonds is 0. The molecular formula is C18H25NO2. The van der Waals surface area contributed by atoms with Crippen LogP contribution in [0, 0.1) is 5.92 Å². The van der Waals surface area contributed by atoms with E-state index in [1.54, 1.807) is 0 Å². The maximum Gasteiger partial charge on any atom is 0.132 e. The fraction of sp³-hybridized carbons (Fsp3) is 0.611. The van der Waals surface area contributed by atoms with Crippen LogP contribution in [0.15, 0.2) is 17.3 Å². The zero-order valence-electron chi connectivity index (χ0n) is 13.9. The summed E-state index contributed by atoms with van der Waals surface area (Å²) >= 11 is 0. The lowest BCUT2D eigenvalue weighted by atomic mass is 9.77. The SMILES string of the molecule is CC(C)(C)c1cc2c(c(C(C)(C)C)c1)OCC1CON=C21. The van der Waals surface area contributed by atoms with Crippen LogP contribution >= 0.6 is 0 Å². The summed E-state index contributed by atoms with van der Waals surface area (Å²) in [6, 6.07) is 4.54. The molecule has 3 heteroatoms. The Kier molecular flexibility index (Phi) is 3.09. The van der Waals surface area contributed by atoms with Crippen molar-refractivity contribution < 1.29 is 9.57 Å². The van der Waals surface area contributed by atoms with Gasteiger partial charge in [-0.2, -0.15) is 0 Å². The highest BCUT2D eigenvalue weighted by Crippen LogP contribution is 2.42. The molecule has 3 nitrogen and oxygen atoms in total. The molecule has 1 atom stereocenters. The zero-order chi connectivity index (χ0) is 15.4. The van der Waals surface area contributed by atoms with Crippen LogP contribution in [0.25, 0.3) is 0 Å². The molecule has 1 unspecified atom stereocenters. The van der Waals surface area contributed by atoms with Crippen molar-refractivity contribution >= 4 is 5.71 Å². The molecule has 3 rings (SSSR count). The molecule has 0 aliphatic carbocycles. The van der Waals surface area contributed by atoms with Crippen molar-refractivity contribution in [1.82, 2.24) is 0 Å². The summed E-state index contributed by atoms with van der Waals surface area (Å²) in [7, 11) is 0. The molecule has 0 saturated carbocycles. The highest BCUT2D eigenvalue weighted by Gasteiger charge is 2.36. The fourth-order valence-corrected chi connectivity index (χ4v) is 2.90. The molecule has 0 spiro atoms. The van der Waals surface area contributed by atoms with Gasteiger partial charge in [0.05, 0.1) is 5.92 Å². The number of ether oxygens (including phenoxy) is 1. The number of hydrogen-bond acceptors (Lipinski definition) is 3. The first kappa shape index (κ1) is 14.4. The highest BCUT2D eigenvalue weighted by atomic mass is 16.6. The number of nitrogens with zero attached hydrogens (tertiary/aromatic N) is 1. The van der Waals surface area contributed by atoms with Crippen LogP contribution in [0.5, 0.6) is 5.75 Å². The molecule has 0 N–H and O–H groups in total. The molecule has 2 heterocycles. The van der Waals surface area contributed by atoms with Crippen molar-refractivity contribution in [2.75, 3.05) is 13.2 Å². The van der Waals surface area contributed by atoms with Gasteiger partial charge in [0, 0.05) is 11.1 Å². The van der Waals surface area contributed by atoms with Gasteiger partial charge in [0.1, 0.15) is 24.7 Å². The first-order chi connectivity index (χ1) is 9.68. The second-order valence-corrected chi connectivity index (χ2v) is 8.18. The lowest BCUT2D eigenvalue weighted by Gasteiger charge is -2.32. The average Bonchev–Trinajstić information content (AvgIpc) is 2.83. The summed E-state index contributed by atoms with van der Waals surface area (Å²) in [5.41, 5.74) is 4.91. The van der Waals surface area contributed by atoms with Gasteiger partial charge in [-0.1, -0.05) is 52.8 Å². The molecule has 0 fully saturated rings. The van der Waals surface area contributed by atoms with E-state index < -0.39 is 0 Å². The second kappa shape index (κ2) is 4.49. The molecule has 0 aromatic heterocycles. The van der Waals surface area contributed by atoms with E-state index >= 15 is 0 Å². The predicted octanol–water partition coefficient (Wildman–Crippen LogP) is 4.02. The molecule has 2 aliphatic heterocycles. The third-order valence-electron chi connectivity index (χ3n) is 4.29. The van der Waals surface area contributed by atoms with Gasteiger partial charge in [-0.3, -0.25) is 0 Å². The van der Waals surface area contributed by atoms with E-state index in [4.69, 9.17) is 9.57 Å². The Morgan fingerprint density at radius 2 is 1.71 bits per heavy atom. The molecule has 1 aromatic carbocycles. The van der Waals surface area contributed by atoms with E-state index in [-0.39, 0.29) is 16.7 Å². The third kappa shape index (κ3) is 2.43. The van der Waals surface area contributed by atoms with Crippen LogP contribution in [0.4, 0.5) is 0 Å². The van der Waals surface area contributed by atoms with E-state index in [1.807, 2.05) is 0 Å². The Morgan fingerprint density at radius 1 is 1.00 bits per heavy atom. The van der Waals surface area contributed by atoms with E-state index in [1.165, 1.54) is 11.1 Å². The largest absolute Gasteiger partial charge is 0.492 e. The van der Waals surface area contributed by atoms with Gasteiger partial charge in [0.15, 0.2) is 0 Å². The molecular weight excluding hydrogens is 262 g/mol. The zero-order valence-corrected chi connectivity index (χ0v) is 13.9. The van der Waals surface area contributed by atoms with E-state index in [2.05, 4.69) is 58.8 Å². The van der Waals surface area contributed by atoms with Crippen molar-refractivity contribution in [3.8, 4) is 5.75 Å². The maximum absolute atomic E-state index is 6.10. The van der Waals surface area contributed by atoms with Crippen LogP contribution in [0.3, 0.4) is 0 Å². The van der Waals surface area contributed by atoms with Crippen molar-refractivity contribution in [2.24, 2.45) is 11.1 Å². The predicted molar refractivity (Wildman–Crippen MR) is 85.3 cm³/mol. The van der Waals surface area contributed by atoms with E-state index in [0.29, 0.717) is 13.2 Å². The van der Waals surface area contributed by atoms with Gasteiger partial charge in [0.25, 0.3) is 0 Å². The standard InChI is InChI=1S/C18H25NO2/c1-17(2,3)12-7-13-15-11(10-21-19-15)9-20-16(13)14(8-12)18(4,5)6/h7-8,11H,9-10H2,1-6H3. The maximum atomic E-state index is 6.10. The first-order valence-electron chi connectivity index (χ1n) is 7.70. The fourth-order valence-electron chi connectivity index (χ4n) is 2.90. The van der Waals surface area contributed by atoms with Gasteiger partial charge >= 0.3 is 0 Å². The van der Waals surface area contributed by atoms with Crippen LogP contribution in [-0.2, 0) is 15.7 Å². The normalized spacial score (nSPS) is 21.0. The third-order valence-corrected chi connectivity index (χ3v) is 4.29. The lowest BCUT2D eigenvalue weighted by Crippen LogP contribution is -2.30. The second-order valence-electron chi connectivity index (χ2n) is 8.18. The minimum absolute atomic E-state index is 0.0399. The molecule has 21 heavy (non-hydrogen) atoms. The van der Waals surface area contributed by atoms with Crippen LogP contribution in [0.2, 0.25) is 0 Å². The molecule has 0 saturated heterocycles. The summed E-state index contributed by atoms with van der Waals surface area (Å²) < 4.78 is 6.10. The quantitative estimate of drug-likeness (QED) is 0.721. The van der Waals surface area contributed by atoms with E-state index in [0.717, 1.165) is 17.0 Å². The Bertz CT molecular complexity index is 603. The highest BCUT2D eigenvalue weighted by molar-refractivity contribution is 6.06. The summed E-state index contributed by atoms with van der Waals surface area (Å²) in [5.74, 6) is 1.27. The molecule has 0 amide bonds. The van der Waals surface area contributed by atoms with Crippen molar-refractivity contribution in [1.29, 1.82) is 0 Å². The number of oxime groups is 1. The molecule has 2 aliphatic rings. The molecule has 0 bridgehead atoms. The van der Waals surface area contributed by atoms with Crippen molar-refractivity contribution in [2.45, 2.75) is 52.4 Å². The van der Waals surface area contributed by atoms with Crippen LogP contribution in [0.1, 0.15) is 58.2 Å². The minimum atomic E-state index is 0.0399. The van der Waals surface area contributed by atoms with E-state index in [9.17, 15) is 0 Å².